The van der Waals surface area contributed by atoms with E-state index in [0.29, 0.717) is 0 Å². The van der Waals surface area contributed by atoms with E-state index in [0.717, 1.165) is 17.0 Å². The van der Waals surface area contributed by atoms with E-state index in [1.54, 1.807) is 0 Å². The molecule has 0 unspecified atom stereocenters. The van der Waals surface area contributed by atoms with Gasteiger partial charge in [-0.2, -0.15) is 0 Å². The fraction of sp³-hybridized carbons (Fsp3) is 0.0455. The second kappa shape index (κ2) is 4.93. The van der Waals surface area contributed by atoms with E-state index < -0.39 is 0 Å². The average molecular weight is 308 g/mol. The van der Waals surface area contributed by atoms with Gasteiger partial charge in [-0.3, -0.25) is 4.57 Å². The van der Waals surface area contributed by atoms with Crippen molar-refractivity contribution in [3.05, 3.63) is 84.7 Å². The molecule has 4 aromatic carbocycles. The zero-order valence-corrected chi connectivity index (χ0v) is 13.4. The van der Waals surface area contributed by atoms with E-state index in [-0.39, 0.29) is 0 Å². The van der Waals surface area contributed by atoms with Gasteiger partial charge in [0.2, 0.25) is 0 Å². The molecule has 0 aliphatic rings. The number of rotatable bonds is 1. The van der Waals surface area contributed by atoms with Crippen molar-refractivity contribution < 1.29 is 0 Å². The van der Waals surface area contributed by atoms with Crippen LogP contribution in [-0.2, 0) is 0 Å². The summed E-state index contributed by atoms with van der Waals surface area (Å²) in [6.45, 7) is 2.08. The third-order valence-electron chi connectivity index (χ3n) is 4.71. The molecule has 24 heavy (non-hydrogen) atoms. The minimum absolute atomic E-state index is 1.01. The van der Waals surface area contributed by atoms with Crippen LogP contribution in [0.25, 0.3) is 38.3 Å². The highest BCUT2D eigenvalue weighted by Crippen LogP contribution is 2.36. The predicted molar refractivity (Wildman–Crippen MR) is 101 cm³/mol. The first-order chi connectivity index (χ1) is 11.8. The summed E-state index contributed by atoms with van der Waals surface area (Å²) in [5.74, 6) is 1.01. The van der Waals surface area contributed by atoms with Gasteiger partial charge >= 0.3 is 0 Å². The van der Waals surface area contributed by atoms with Crippen molar-refractivity contribution in [2.45, 2.75) is 6.92 Å². The van der Waals surface area contributed by atoms with E-state index in [4.69, 9.17) is 4.98 Å². The molecule has 0 amide bonds. The van der Waals surface area contributed by atoms with Gasteiger partial charge in [-0.15, -0.1) is 0 Å². The SMILES string of the molecule is Cc1nc2c3ccccc3c3ccccc3c2n1-c1ccccc1. The maximum absolute atomic E-state index is 4.93. The third kappa shape index (κ3) is 1.74. The lowest BCUT2D eigenvalue weighted by molar-refractivity contribution is 1.00. The molecule has 0 N–H and O–H groups in total. The van der Waals surface area contributed by atoms with Crippen molar-refractivity contribution >= 4 is 32.6 Å². The van der Waals surface area contributed by atoms with Crippen molar-refractivity contribution in [1.82, 2.24) is 9.55 Å². The van der Waals surface area contributed by atoms with Gasteiger partial charge in [0, 0.05) is 16.5 Å². The van der Waals surface area contributed by atoms with E-state index >= 15 is 0 Å². The lowest BCUT2D eigenvalue weighted by atomic mass is 10.00. The van der Waals surface area contributed by atoms with Crippen LogP contribution in [0, 0.1) is 6.92 Å². The lowest BCUT2D eigenvalue weighted by Gasteiger charge is -2.11. The van der Waals surface area contributed by atoms with Gasteiger partial charge in [-0.1, -0.05) is 66.7 Å². The molecule has 5 aromatic rings. The minimum Gasteiger partial charge on any atom is -0.296 e. The Morgan fingerprint density at radius 3 is 1.88 bits per heavy atom. The number of aromatic nitrogens is 2. The zero-order valence-electron chi connectivity index (χ0n) is 13.4. The van der Waals surface area contributed by atoms with Gasteiger partial charge in [0.05, 0.1) is 11.0 Å². The fourth-order valence-corrected chi connectivity index (χ4v) is 3.71. The molecule has 0 radical (unpaired) electrons. The van der Waals surface area contributed by atoms with E-state index in [1.807, 2.05) is 6.07 Å². The number of aryl methyl sites for hydroxylation is 1. The molecule has 1 heterocycles. The smallest absolute Gasteiger partial charge is 0.111 e. The molecule has 1 aromatic heterocycles. The molecular weight excluding hydrogens is 292 g/mol. The molecule has 5 rings (SSSR count). The molecule has 2 nitrogen and oxygen atoms in total. The fourth-order valence-electron chi connectivity index (χ4n) is 3.71. The highest BCUT2D eigenvalue weighted by Gasteiger charge is 2.16. The third-order valence-corrected chi connectivity index (χ3v) is 4.71. The number of nitrogens with zero attached hydrogens (tertiary/aromatic N) is 2. The van der Waals surface area contributed by atoms with Gasteiger partial charge in [-0.25, -0.2) is 4.98 Å². The van der Waals surface area contributed by atoms with Gasteiger partial charge in [-0.05, 0) is 29.8 Å². The minimum atomic E-state index is 1.01. The summed E-state index contributed by atoms with van der Waals surface area (Å²) in [6, 6.07) is 27.6. The maximum atomic E-state index is 4.93. The number of imidazole rings is 1. The largest absolute Gasteiger partial charge is 0.296 e. The highest BCUT2D eigenvalue weighted by molar-refractivity contribution is 6.23. The summed E-state index contributed by atoms with van der Waals surface area (Å²) in [4.78, 5) is 4.93. The molecular formula is C22H16N2. The first-order valence-corrected chi connectivity index (χ1v) is 8.18. The van der Waals surface area contributed by atoms with E-state index in [2.05, 4.69) is 84.3 Å². The second-order valence-electron chi connectivity index (χ2n) is 6.12. The number of para-hydroxylation sites is 1. The van der Waals surface area contributed by atoms with Crippen LogP contribution in [0.1, 0.15) is 5.82 Å². The van der Waals surface area contributed by atoms with Crippen LogP contribution >= 0.6 is 0 Å². The Kier molecular flexibility index (Phi) is 2.74. The predicted octanol–water partition coefficient (Wildman–Crippen LogP) is 5.64. The Morgan fingerprint density at radius 2 is 1.17 bits per heavy atom. The number of fused-ring (bicyclic) bond motifs is 6. The molecule has 114 valence electrons. The Morgan fingerprint density at radius 1 is 0.625 bits per heavy atom. The second-order valence-corrected chi connectivity index (χ2v) is 6.12. The van der Waals surface area contributed by atoms with Gasteiger partial charge in [0.15, 0.2) is 0 Å². The molecule has 0 atom stereocenters. The quantitative estimate of drug-likeness (QED) is 0.366. The summed E-state index contributed by atoms with van der Waals surface area (Å²) in [5, 5.41) is 5.00. The maximum Gasteiger partial charge on any atom is 0.111 e. The summed E-state index contributed by atoms with van der Waals surface area (Å²) in [5.41, 5.74) is 3.41. The van der Waals surface area contributed by atoms with Crippen molar-refractivity contribution in [1.29, 1.82) is 0 Å². The Labute approximate surface area is 140 Å². The van der Waals surface area contributed by atoms with E-state index in [9.17, 15) is 0 Å². The van der Waals surface area contributed by atoms with Crippen LogP contribution in [0.15, 0.2) is 78.9 Å². The molecule has 0 aliphatic carbocycles. The van der Waals surface area contributed by atoms with Crippen molar-refractivity contribution in [2.75, 3.05) is 0 Å². The summed E-state index contributed by atoms with van der Waals surface area (Å²) in [7, 11) is 0. The number of hydrogen-bond donors (Lipinski definition) is 0. The van der Waals surface area contributed by atoms with Crippen molar-refractivity contribution in [2.24, 2.45) is 0 Å². The molecule has 0 aliphatic heterocycles. The monoisotopic (exact) mass is 308 g/mol. The van der Waals surface area contributed by atoms with Crippen LogP contribution in [0.4, 0.5) is 0 Å². The van der Waals surface area contributed by atoms with Gasteiger partial charge in [0.1, 0.15) is 5.82 Å². The van der Waals surface area contributed by atoms with E-state index in [1.165, 1.54) is 27.1 Å². The first-order valence-electron chi connectivity index (χ1n) is 8.18. The van der Waals surface area contributed by atoms with Crippen molar-refractivity contribution in [3.8, 4) is 5.69 Å². The van der Waals surface area contributed by atoms with Crippen LogP contribution in [0.5, 0.6) is 0 Å². The standard InChI is InChI=1S/C22H16N2/c1-15-23-21-19-13-7-5-11-17(19)18-12-6-8-14-20(18)22(21)24(15)16-9-3-2-4-10-16/h2-14H,1H3. The van der Waals surface area contributed by atoms with Gasteiger partial charge < -0.3 is 0 Å². The summed E-state index contributed by atoms with van der Waals surface area (Å²) < 4.78 is 2.27. The highest BCUT2D eigenvalue weighted by atomic mass is 15.1. The van der Waals surface area contributed by atoms with Gasteiger partial charge in [0.25, 0.3) is 0 Å². The molecule has 0 spiro atoms. The normalized spacial score (nSPS) is 11.5. The Bertz CT molecular complexity index is 1200. The zero-order chi connectivity index (χ0) is 16.1. The van der Waals surface area contributed by atoms with Crippen molar-refractivity contribution in [3.63, 3.8) is 0 Å². The van der Waals surface area contributed by atoms with Crippen LogP contribution in [0.2, 0.25) is 0 Å². The van der Waals surface area contributed by atoms with Crippen LogP contribution in [0.3, 0.4) is 0 Å². The molecule has 0 saturated carbocycles. The first kappa shape index (κ1) is 13.3. The molecule has 0 bridgehead atoms. The molecule has 0 fully saturated rings. The lowest BCUT2D eigenvalue weighted by Crippen LogP contribution is -1.96. The Hall–Kier alpha value is -3.13. The molecule has 2 heteroatoms. The Balaban J connectivity index is 2.09. The summed E-state index contributed by atoms with van der Waals surface area (Å²) in [6.07, 6.45) is 0. The van der Waals surface area contributed by atoms with Crippen LogP contribution < -0.4 is 0 Å². The van der Waals surface area contributed by atoms with Crippen LogP contribution in [-0.4, -0.2) is 9.55 Å². The number of benzene rings is 4. The molecule has 0 saturated heterocycles. The average Bonchev–Trinajstić information content (AvgIpc) is 3.00. The summed E-state index contributed by atoms with van der Waals surface area (Å²) >= 11 is 0. The number of hydrogen-bond acceptors (Lipinski definition) is 1. The topological polar surface area (TPSA) is 17.8 Å².